The van der Waals surface area contributed by atoms with Crippen LogP contribution in [0.5, 0.6) is 0 Å². The van der Waals surface area contributed by atoms with Gasteiger partial charge in [-0.3, -0.25) is 4.40 Å². The van der Waals surface area contributed by atoms with Crippen LogP contribution in [-0.2, 0) is 9.53 Å². The fraction of sp³-hybridized carbons (Fsp3) is 0.417. The largest absolute Gasteiger partial charge is 0.464 e. The van der Waals surface area contributed by atoms with Crippen LogP contribution in [0, 0.1) is 0 Å². The Hall–Kier alpha value is -2.11. The smallest absolute Gasteiger partial charge is 0.349 e. The topological polar surface area (TPSA) is 65.6 Å². The molecule has 0 N–H and O–H groups in total. The molecule has 0 bridgehead atoms. The Morgan fingerprint density at radius 3 is 2.94 bits per heavy atom. The summed E-state index contributed by atoms with van der Waals surface area (Å²) in [6.45, 7) is 3.83. The Bertz CT molecular complexity index is 614. The second-order valence-corrected chi connectivity index (χ2v) is 3.85. The molecule has 2 aromatic heterocycles. The molecule has 18 heavy (non-hydrogen) atoms. The van der Waals surface area contributed by atoms with Gasteiger partial charge >= 0.3 is 11.7 Å². The average Bonchev–Trinajstić information content (AvgIpc) is 2.82. The lowest BCUT2D eigenvalue weighted by Gasteiger charge is -2.15. The second-order valence-electron chi connectivity index (χ2n) is 3.85. The molecule has 0 aliphatic heterocycles. The van der Waals surface area contributed by atoms with E-state index in [4.69, 9.17) is 4.74 Å². The number of nitrogens with zero attached hydrogens (tertiary/aromatic N) is 3. The second kappa shape index (κ2) is 5.03. The summed E-state index contributed by atoms with van der Waals surface area (Å²) in [5, 5.41) is 4.04. The van der Waals surface area contributed by atoms with E-state index in [2.05, 4.69) is 5.10 Å². The van der Waals surface area contributed by atoms with Crippen LogP contribution in [0.3, 0.4) is 0 Å². The van der Waals surface area contributed by atoms with Gasteiger partial charge in [-0.2, -0.15) is 5.10 Å². The van der Waals surface area contributed by atoms with Gasteiger partial charge in [-0.15, -0.1) is 0 Å². The van der Waals surface area contributed by atoms with Crippen molar-refractivity contribution in [2.45, 2.75) is 26.3 Å². The van der Waals surface area contributed by atoms with Crippen molar-refractivity contribution in [3.8, 4) is 0 Å². The van der Waals surface area contributed by atoms with Gasteiger partial charge in [-0.25, -0.2) is 14.3 Å². The first kappa shape index (κ1) is 12.3. The maximum atomic E-state index is 12.2. The summed E-state index contributed by atoms with van der Waals surface area (Å²) >= 11 is 0. The van der Waals surface area contributed by atoms with Crippen molar-refractivity contribution in [3.05, 3.63) is 35.0 Å². The number of esters is 1. The molecule has 2 heterocycles. The van der Waals surface area contributed by atoms with E-state index in [0.29, 0.717) is 11.9 Å². The van der Waals surface area contributed by atoms with E-state index in [0.717, 1.165) is 0 Å². The van der Waals surface area contributed by atoms with E-state index in [1.807, 2.05) is 6.92 Å². The molecule has 1 unspecified atom stereocenters. The Labute approximate surface area is 104 Å². The fourth-order valence-corrected chi connectivity index (χ4v) is 1.85. The molecular weight excluding hydrogens is 234 g/mol. The maximum Gasteiger partial charge on any atom is 0.349 e. The van der Waals surface area contributed by atoms with Crippen molar-refractivity contribution in [3.63, 3.8) is 0 Å². The Kier molecular flexibility index (Phi) is 3.45. The lowest BCUT2D eigenvalue weighted by Crippen LogP contribution is -2.35. The first-order chi connectivity index (χ1) is 8.69. The summed E-state index contributed by atoms with van der Waals surface area (Å²) in [4.78, 5) is 23.9. The number of aromatic nitrogens is 3. The van der Waals surface area contributed by atoms with E-state index >= 15 is 0 Å². The summed E-state index contributed by atoms with van der Waals surface area (Å²) in [7, 11) is 0. The molecule has 6 heteroatoms. The fourth-order valence-electron chi connectivity index (χ4n) is 1.85. The Morgan fingerprint density at radius 1 is 1.50 bits per heavy atom. The van der Waals surface area contributed by atoms with Crippen LogP contribution < -0.4 is 5.69 Å². The lowest BCUT2D eigenvalue weighted by molar-refractivity contribution is -0.147. The number of ether oxygens (including phenoxy) is 1. The number of carbonyl (C=O) groups excluding carboxylic acids is 1. The minimum Gasteiger partial charge on any atom is -0.464 e. The quantitative estimate of drug-likeness (QED) is 0.758. The molecule has 6 nitrogen and oxygen atoms in total. The monoisotopic (exact) mass is 249 g/mol. The van der Waals surface area contributed by atoms with E-state index in [1.165, 1.54) is 9.08 Å². The number of hydrogen-bond donors (Lipinski definition) is 0. The van der Waals surface area contributed by atoms with Crippen LogP contribution in [0.15, 0.2) is 29.3 Å². The minimum atomic E-state index is -0.677. The van der Waals surface area contributed by atoms with Crippen molar-refractivity contribution in [2.75, 3.05) is 6.61 Å². The van der Waals surface area contributed by atoms with Gasteiger partial charge in [0.25, 0.3) is 0 Å². The highest BCUT2D eigenvalue weighted by Gasteiger charge is 2.22. The van der Waals surface area contributed by atoms with Crippen LogP contribution in [-0.4, -0.2) is 26.8 Å². The van der Waals surface area contributed by atoms with Crippen LogP contribution in [0.25, 0.3) is 5.52 Å². The molecule has 0 saturated carbocycles. The van der Waals surface area contributed by atoms with Crippen LogP contribution in [0.1, 0.15) is 26.3 Å². The number of carbonyl (C=O) groups is 1. The summed E-state index contributed by atoms with van der Waals surface area (Å²) < 4.78 is 7.57. The van der Waals surface area contributed by atoms with Gasteiger partial charge in [-0.05, 0) is 25.5 Å². The summed E-state index contributed by atoms with van der Waals surface area (Å²) in [5.41, 5.74) is 0.368. The highest BCUT2D eigenvalue weighted by molar-refractivity contribution is 5.73. The highest BCUT2D eigenvalue weighted by atomic mass is 16.5. The molecule has 0 aliphatic rings. The Morgan fingerprint density at radius 2 is 2.28 bits per heavy atom. The molecule has 2 rings (SSSR count). The van der Waals surface area contributed by atoms with E-state index in [1.54, 1.807) is 31.5 Å². The van der Waals surface area contributed by atoms with Gasteiger partial charge in [-0.1, -0.05) is 6.92 Å². The van der Waals surface area contributed by atoms with Crippen LogP contribution in [0.4, 0.5) is 0 Å². The third kappa shape index (κ3) is 2.01. The number of hydrogen-bond acceptors (Lipinski definition) is 4. The van der Waals surface area contributed by atoms with Crippen LogP contribution in [0.2, 0.25) is 0 Å². The van der Waals surface area contributed by atoms with Crippen molar-refractivity contribution in [1.29, 1.82) is 0 Å². The molecular formula is C12H15N3O3. The first-order valence-electron chi connectivity index (χ1n) is 5.90. The van der Waals surface area contributed by atoms with E-state index in [9.17, 15) is 9.59 Å². The molecule has 0 spiro atoms. The number of rotatable bonds is 4. The summed E-state index contributed by atoms with van der Waals surface area (Å²) in [6, 6.07) is 2.86. The van der Waals surface area contributed by atoms with Crippen molar-refractivity contribution >= 4 is 11.5 Å². The molecule has 0 fully saturated rings. The number of fused-ring (bicyclic) bond motifs is 1. The van der Waals surface area contributed by atoms with Crippen LogP contribution >= 0.6 is 0 Å². The standard InChI is InChI=1S/C12H15N3O3/c1-3-10(11(16)18-4-2)15-12(17)14-7-5-6-9(14)8-13-15/h5-8,10H,3-4H2,1-2H3. The minimum absolute atomic E-state index is 0.288. The van der Waals surface area contributed by atoms with Crippen molar-refractivity contribution < 1.29 is 9.53 Å². The molecule has 96 valence electrons. The van der Waals surface area contributed by atoms with E-state index < -0.39 is 12.0 Å². The SMILES string of the molecule is CCOC(=O)C(CC)n1ncc2cccn2c1=O. The third-order valence-corrected chi connectivity index (χ3v) is 2.74. The maximum absolute atomic E-state index is 12.2. The normalized spacial score (nSPS) is 12.6. The molecule has 0 saturated heterocycles. The molecule has 1 atom stereocenters. The zero-order chi connectivity index (χ0) is 13.1. The first-order valence-corrected chi connectivity index (χ1v) is 5.90. The lowest BCUT2D eigenvalue weighted by atomic mass is 10.2. The predicted molar refractivity (Wildman–Crippen MR) is 65.4 cm³/mol. The molecule has 0 aromatic carbocycles. The van der Waals surface area contributed by atoms with Gasteiger partial charge in [0, 0.05) is 6.20 Å². The zero-order valence-electron chi connectivity index (χ0n) is 10.4. The molecule has 0 radical (unpaired) electrons. The predicted octanol–water partition coefficient (Wildman–Crippen LogP) is 1.01. The van der Waals surface area contributed by atoms with Crippen molar-refractivity contribution in [1.82, 2.24) is 14.2 Å². The third-order valence-electron chi connectivity index (χ3n) is 2.74. The zero-order valence-corrected chi connectivity index (χ0v) is 10.4. The molecule has 0 amide bonds. The van der Waals surface area contributed by atoms with Gasteiger partial charge in [0.2, 0.25) is 0 Å². The summed E-state index contributed by atoms with van der Waals surface area (Å²) in [6.07, 6.45) is 3.66. The highest BCUT2D eigenvalue weighted by Crippen LogP contribution is 2.10. The van der Waals surface area contributed by atoms with Gasteiger partial charge in [0.05, 0.1) is 18.3 Å². The van der Waals surface area contributed by atoms with E-state index in [-0.39, 0.29) is 12.3 Å². The van der Waals surface area contributed by atoms with Crippen molar-refractivity contribution in [2.24, 2.45) is 0 Å². The average molecular weight is 249 g/mol. The van der Waals surface area contributed by atoms with Gasteiger partial charge < -0.3 is 4.74 Å². The van der Waals surface area contributed by atoms with Gasteiger partial charge in [0.1, 0.15) is 0 Å². The van der Waals surface area contributed by atoms with Gasteiger partial charge in [0.15, 0.2) is 6.04 Å². The molecule has 2 aromatic rings. The molecule has 0 aliphatic carbocycles. The summed E-state index contributed by atoms with van der Waals surface area (Å²) in [5.74, 6) is -0.430. The Balaban J connectivity index is 2.48.